The quantitative estimate of drug-likeness (QED) is 0.840. The molecular formula is C11H21N3S. The van der Waals surface area contributed by atoms with Crippen LogP contribution in [-0.4, -0.2) is 18.1 Å². The highest BCUT2D eigenvalue weighted by Gasteiger charge is 2.14. The van der Waals surface area contributed by atoms with Crippen molar-refractivity contribution >= 4 is 16.5 Å². The van der Waals surface area contributed by atoms with Gasteiger partial charge >= 0.3 is 0 Å². The molecule has 0 spiro atoms. The Kier molecular flexibility index (Phi) is 4.54. The molecule has 0 amide bonds. The molecule has 0 fully saturated rings. The molecule has 0 aliphatic rings. The summed E-state index contributed by atoms with van der Waals surface area (Å²) >= 11 is 1.67. The zero-order valence-electron chi connectivity index (χ0n) is 10.0. The molecular weight excluding hydrogens is 206 g/mol. The maximum absolute atomic E-state index is 5.55. The van der Waals surface area contributed by atoms with E-state index in [4.69, 9.17) is 5.73 Å². The Hall–Kier alpha value is -0.610. The van der Waals surface area contributed by atoms with Crippen molar-refractivity contribution in [2.24, 2.45) is 11.7 Å². The van der Waals surface area contributed by atoms with Crippen LogP contribution in [0.5, 0.6) is 0 Å². The van der Waals surface area contributed by atoms with Gasteiger partial charge in [0.1, 0.15) is 0 Å². The lowest BCUT2D eigenvalue weighted by Gasteiger charge is -2.25. The van der Waals surface area contributed by atoms with Gasteiger partial charge in [0.05, 0.1) is 5.69 Å². The number of hydrogen-bond acceptors (Lipinski definition) is 4. The summed E-state index contributed by atoms with van der Waals surface area (Å²) in [5.41, 5.74) is 6.53. The SMILES string of the molecule is CC(C)CC(C)N(C)c1nc(CN)cs1. The minimum absolute atomic E-state index is 0.529. The van der Waals surface area contributed by atoms with Crippen LogP contribution in [0.4, 0.5) is 5.13 Å². The van der Waals surface area contributed by atoms with Crippen LogP contribution >= 0.6 is 11.3 Å². The van der Waals surface area contributed by atoms with Crippen LogP contribution in [0, 0.1) is 5.92 Å². The highest BCUT2D eigenvalue weighted by molar-refractivity contribution is 7.13. The molecule has 1 aromatic rings. The van der Waals surface area contributed by atoms with Crippen molar-refractivity contribution in [2.45, 2.75) is 39.8 Å². The van der Waals surface area contributed by atoms with Crippen molar-refractivity contribution in [2.75, 3.05) is 11.9 Å². The molecule has 0 aromatic carbocycles. The summed E-state index contributed by atoms with van der Waals surface area (Å²) in [5, 5.41) is 3.11. The smallest absolute Gasteiger partial charge is 0.185 e. The second-order valence-electron chi connectivity index (χ2n) is 4.42. The van der Waals surface area contributed by atoms with E-state index in [0.29, 0.717) is 12.6 Å². The molecule has 0 radical (unpaired) electrons. The third-order valence-electron chi connectivity index (χ3n) is 2.52. The van der Waals surface area contributed by atoms with Crippen molar-refractivity contribution in [1.82, 2.24) is 4.98 Å². The van der Waals surface area contributed by atoms with Gasteiger partial charge in [-0.15, -0.1) is 11.3 Å². The zero-order chi connectivity index (χ0) is 11.4. The van der Waals surface area contributed by atoms with E-state index in [9.17, 15) is 0 Å². The predicted molar refractivity (Wildman–Crippen MR) is 67.3 cm³/mol. The van der Waals surface area contributed by atoms with Crippen molar-refractivity contribution in [3.8, 4) is 0 Å². The fraction of sp³-hybridized carbons (Fsp3) is 0.727. The fourth-order valence-corrected chi connectivity index (χ4v) is 2.49. The first-order chi connectivity index (χ1) is 7.04. The highest BCUT2D eigenvalue weighted by Crippen LogP contribution is 2.23. The van der Waals surface area contributed by atoms with E-state index in [-0.39, 0.29) is 0 Å². The number of anilines is 1. The number of nitrogens with zero attached hydrogens (tertiary/aromatic N) is 2. The van der Waals surface area contributed by atoms with Crippen LogP contribution in [0.1, 0.15) is 32.9 Å². The summed E-state index contributed by atoms with van der Waals surface area (Å²) in [4.78, 5) is 6.72. The standard InChI is InChI=1S/C11H21N3S/c1-8(2)5-9(3)14(4)11-13-10(6-12)7-15-11/h7-9H,5-6,12H2,1-4H3. The maximum Gasteiger partial charge on any atom is 0.185 e. The van der Waals surface area contributed by atoms with E-state index in [1.807, 2.05) is 5.38 Å². The number of thiazole rings is 1. The first-order valence-electron chi connectivity index (χ1n) is 5.42. The second-order valence-corrected chi connectivity index (χ2v) is 5.25. The summed E-state index contributed by atoms with van der Waals surface area (Å²) in [5.74, 6) is 0.719. The van der Waals surface area contributed by atoms with Crippen molar-refractivity contribution in [3.05, 3.63) is 11.1 Å². The lowest BCUT2D eigenvalue weighted by atomic mass is 10.0. The van der Waals surface area contributed by atoms with E-state index >= 15 is 0 Å². The Labute approximate surface area is 96.3 Å². The molecule has 1 aromatic heterocycles. The maximum atomic E-state index is 5.55. The van der Waals surface area contributed by atoms with E-state index in [1.165, 1.54) is 6.42 Å². The monoisotopic (exact) mass is 227 g/mol. The summed E-state index contributed by atoms with van der Waals surface area (Å²) in [6, 6.07) is 0.529. The van der Waals surface area contributed by atoms with Gasteiger partial charge in [-0.2, -0.15) is 0 Å². The zero-order valence-corrected chi connectivity index (χ0v) is 10.8. The summed E-state index contributed by atoms with van der Waals surface area (Å²) in [6.07, 6.45) is 1.19. The van der Waals surface area contributed by atoms with E-state index < -0.39 is 0 Å². The first kappa shape index (κ1) is 12.5. The number of hydrogen-bond donors (Lipinski definition) is 1. The highest BCUT2D eigenvalue weighted by atomic mass is 32.1. The van der Waals surface area contributed by atoms with Crippen LogP contribution in [0.25, 0.3) is 0 Å². The largest absolute Gasteiger partial charge is 0.348 e. The van der Waals surface area contributed by atoms with Crippen molar-refractivity contribution in [3.63, 3.8) is 0 Å². The molecule has 3 nitrogen and oxygen atoms in total. The molecule has 2 N–H and O–H groups in total. The van der Waals surface area contributed by atoms with Gasteiger partial charge in [-0.05, 0) is 19.3 Å². The molecule has 1 heterocycles. The summed E-state index contributed by atoms with van der Waals surface area (Å²) in [6.45, 7) is 7.27. The van der Waals surface area contributed by atoms with Gasteiger partial charge in [0.25, 0.3) is 0 Å². The normalized spacial score (nSPS) is 13.2. The molecule has 0 aliphatic carbocycles. The Morgan fingerprint density at radius 1 is 1.47 bits per heavy atom. The Bertz CT molecular complexity index is 296. The average Bonchev–Trinajstić information content (AvgIpc) is 2.63. The number of rotatable bonds is 5. The van der Waals surface area contributed by atoms with E-state index in [2.05, 4.69) is 37.7 Å². The molecule has 1 atom stereocenters. The van der Waals surface area contributed by atoms with Crippen LogP contribution < -0.4 is 10.6 Å². The minimum atomic E-state index is 0.529. The second kappa shape index (κ2) is 5.47. The Morgan fingerprint density at radius 3 is 2.60 bits per heavy atom. The molecule has 4 heteroatoms. The summed E-state index contributed by atoms with van der Waals surface area (Å²) < 4.78 is 0. The van der Waals surface area contributed by atoms with Crippen LogP contribution in [0.2, 0.25) is 0 Å². The topological polar surface area (TPSA) is 42.2 Å². The average molecular weight is 227 g/mol. The van der Waals surface area contributed by atoms with Gasteiger partial charge in [-0.1, -0.05) is 13.8 Å². The van der Waals surface area contributed by atoms with Crippen LogP contribution in [0.3, 0.4) is 0 Å². The van der Waals surface area contributed by atoms with Gasteiger partial charge in [-0.3, -0.25) is 0 Å². The molecule has 0 saturated heterocycles. The van der Waals surface area contributed by atoms with Gasteiger partial charge in [0.15, 0.2) is 5.13 Å². The first-order valence-corrected chi connectivity index (χ1v) is 6.29. The predicted octanol–water partition coefficient (Wildman–Crippen LogP) is 2.47. The molecule has 1 unspecified atom stereocenters. The van der Waals surface area contributed by atoms with Crippen molar-refractivity contribution < 1.29 is 0 Å². The van der Waals surface area contributed by atoms with Gasteiger partial charge < -0.3 is 10.6 Å². The minimum Gasteiger partial charge on any atom is -0.348 e. The lowest BCUT2D eigenvalue weighted by molar-refractivity contribution is 0.503. The molecule has 0 aliphatic heterocycles. The molecule has 0 bridgehead atoms. The van der Waals surface area contributed by atoms with E-state index in [0.717, 1.165) is 16.7 Å². The molecule has 1 rings (SSSR count). The van der Waals surface area contributed by atoms with Crippen LogP contribution in [0.15, 0.2) is 5.38 Å². The third kappa shape index (κ3) is 3.47. The van der Waals surface area contributed by atoms with Gasteiger partial charge in [0, 0.05) is 25.0 Å². The van der Waals surface area contributed by atoms with Crippen molar-refractivity contribution in [1.29, 1.82) is 0 Å². The van der Waals surface area contributed by atoms with E-state index in [1.54, 1.807) is 11.3 Å². The van der Waals surface area contributed by atoms with Crippen LogP contribution in [-0.2, 0) is 6.54 Å². The Morgan fingerprint density at radius 2 is 2.13 bits per heavy atom. The number of nitrogens with two attached hydrogens (primary N) is 1. The number of aromatic nitrogens is 1. The molecule has 0 saturated carbocycles. The fourth-order valence-electron chi connectivity index (χ4n) is 1.58. The van der Waals surface area contributed by atoms with Gasteiger partial charge in [0.2, 0.25) is 0 Å². The third-order valence-corrected chi connectivity index (χ3v) is 3.50. The Balaban J connectivity index is 2.62. The summed E-state index contributed by atoms with van der Waals surface area (Å²) in [7, 11) is 2.10. The molecule has 86 valence electrons. The lowest BCUT2D eigenvalue weighted by Crippen LogP contribution is -2.29. The van der Waals surface area contributed by atoms with Gasteiger partial charge in [-0.25, -0.2) is 4.98 Å². The molecule has 15 heavy (non-hydrogen) atoms.